The monoisotopic (exact) mass is 462 g/mol. The highest BCUT2D eigenvalue weighted by Gasteiger charge is 2.24. The molecule has 5 nitrogen and oxygen atoms in total. The standard InChI is InChI=1S/C26H27FN4OS/c1-4-32-22-11-5-19(6-12-22)23-17(2)33-26-24(23)25(28-18(3)29-26)31-15-13-30(14-16-31)21-9-7-20(27)8-10-21/h5-12H,4,13-16H2,1-3H3. The maximum absolute atomic E-state index is 13.3. The third-order valence-electron chi connectivity index (χ3n) is 6.05. The first kappa shape index (κ1) is 21.6. The van der Waals surface area contributed by atoms with Gasteiger partial charge in [-0.05, 0) is 62.7 Å². The molecule has 0 aliphatic carbocycles. The first-order valence-electron chi connectivity index (χ1n) is 11.3. The van der Waals surface area contributed by atoms with Crippen LogP contribution in [0.15, 0.2) is 48.5 Å². The highest BCUT2D eigenvalue weighted by atomic mass is 32.1. The van der Waals surface area contributed by atoms with Gasteiger partial charge in [-0.15, -0.1) is 11.3 Å². The Morgan fingerprint density at radius 1 is 0.909 bits per heavy atom. The van der Waals surface area contributed by atoms with Crippen LogP contribution < -0.4 is 14.5 Å². The molecule has 0 radical (unpaired) electrons. The Hall–Kier alpha value is -3.19. The average molecular weight is 463 g/mol. The number of aryl methyl sites for hydroxylation is 2. The molecule has 1 aliphatic heterocycles. The first-order valence-corrected chi connectivity index (χ1v) is 12.1. The highest BCUT2D eigenvalue weighted by molar-refractivity contribution is 7.19. The molecule has 0 amide bonds. The van der Waals surface area contributed by atoms with Crippen LogP contribution >= 0.6 is 11.3 Å². The highest BCUT2D eigenvalue weighted by Crippen LogP contribution is 2.42. The molecule has 5 rings (SSSR count). The predicted octanol–water partition coefficient (Wildman–Crippen LogP) is 5.84. The van der Waals surface area contributed by atoms with Crippen LogP contribution in [0, 0.1) is 19.7 Å². The fourth-order valence-electron chi connectivity index (χ4n) is 4.49. The van der Waals surface area contributed by atoms with Gasteiger partial charge < -0.3 is 14.5 Å². The van der Waals surface area contributed by atoms with E-state index >= 15 is 0 Å². The summed E-state index contributed by atoms with van der Waals surface area (Å²) < 4.78 is 18.9. The molecule has 33 heavy (non-hydrogen) atoms. The van der Waals surface area contributed by atoms with Gasteiger partial charge in [-0.2, -0.15) is 0 Å². The van der Waals surface area contributed by atoms with Gasteiger partial charge in [0.2, 0.25) is 0 Å². The van der Waals surface area contributed by atoms with Gasteiger partial charge in [0.1, 0.15) is 28.0 Å². The molecule has 0 bridgehead atoms. The molecule has 0 saturated carbocycles. The minimum atomic E-state index is -0.203. The van der Waals surface area contributed by atoms with Crippen LogP contribution in [-0.2, 0) is 0 Å². The summed E-state index contributed by atoms with van der Waals surface area (Å²) in [6.45, 7) is 10.2. The number of ether oxygens (including phenoxy) is 1. The summed E-state index contributed by atoms with van der Waals surface area (Å²) in [6, 6.07) is 15.0. The van der Waals surface area contributed by atoms with E-state index in [-0.39, 0.29) is 5.82 Å². The van der Waals surface area contributed by atoms with Crippen molar-refractivity contribution in [3.8, 4) is 16.9 Å². The van der Waals surface area contributed by atoms with Crippen LogP contribution in [0.5, 0.6) is 5.75 Å². The molecule has 170 valence electrons. The van der Waals surface area contributed by atoms with Crippen molar-refractivity contribution in [2.24, 2.45) is 0 Å². The summed E-state index contributed by atoms with van der Waals surface area (Å²) in [5, 5.41) is 1.13. The minimum Gasteiger partial charge on any atom is -0.494 e. The van der Waals surface area contributed by atoms with Gasteiger partial charge >= 0.3 is 0 Å². The number of halogens is 1. The van der Waals surface area contributed by atoms with E-state index < -0.39 is 0 Å². The SMILES string of the molecule is CCOc1ccc(-c2c(C)sc3nc(C)nc(N4CCN(c5ccc(F)cc5)CC4)c23)cc1. The van der Waals surface area contributed by atoms with Crippen LogP contribution in [0.2, 0.25) is 0 Å². The number of rotatable bonds is 5. The Bertz CT molecular complexity index is 1260. The topological polar surface area (TPSA) is 41.5 Å². The van der Waals surface area contributed by atoms with Gasteiger partial charge in [0.05, 0.1) is 12.0 Å². The molecule has 1 aliphatic rings. The predicted molar refractivity (Wildman–Crippen MR) is 134 cm³/mol. The third-order valence-corrected chi connectivity index (χ3v) is 7.04. The Kier molecular flexibility index (Phi) is 5.89. The van der Waals surface area contributed by atoms with Crippen LogP contribution in [0.1, 0.15) is 17.6 Å². The maximum Gasteiger partial charge on any atom is 0.141 e. The number of hydrogen-bond acceptors (Lipinski definition) is 6. The van der Waals surface area contributed by atoms with Gasteiger partial charge in [-0.25, -0.2) is 14.4 Å². The van der Waals surface area contributed by atoms with Crippen LogP contribution in [-0.4, -0.2) is 42.8 Å². The van der Waals surface area contributed by atoms with E-state index in [1.54, 1.807) is 11.3 Å². The van der Waals surface area contributed by atoms with Crippen LogP contribution in [0.3, 0.4) is 0 Å². The summed E-state index contributed by atoms with van der Waals surface area (Å²) in [4.78, 5) is 16.6. The molecule has 0 N–H and O–H groups in total. The summed E-state index contributed by atoms with van der Waals surface area (Å²) in [6.07, 6.45) is 0. The maximum atomic E-state index is 13.3. The molecule has 0 atom stereocenters. The van der Waals surface area contributed by atoms with E-state index in [0.717, 1.165) is 65.0 Å². The van der Waals surface area contributed by atoms with E-state index in [1.807, 2.05) is 38.1 Å². The van der Waals surface area contributed by atoms with Crippen molar-refractivity contribution in [3.63, 3.8) is 0 Å². The van der Waals surface area contributed by atoms with Crippen molar-refractivity contribution >= 4 is 33.1 Å². The first-order chi connectivity index (χ1) is 16.0. The molecule has 7 heteroatoms. The number of benzene rings is 2. The third kappa shape index (κ3) is 4.25. The number of fused-ring (bicyclic) bond motifs is 1. The molecule has 4 aromatic rings. The zero-order valence-corrected chi connectivity index (χ0v) is 20.0. The lowest BCUT2D eigenvalue weighted by atomic mass is 10.0. The second-order valence-corrected chi connectivity index (χ2v) is 9.42. The molecule has 2 aromatic carbocycles. The summed E-state index contributed by atoms with van der Waals surface area (Å²) in [7, 11) is 0. The zero-order valence-electron chi connectivity index (χ0n) is 19.1. The smallest absolute Gasteiger partial charge is 0.141 e. The van der Waals surface area contributed by atoms with Crippen molar-refractivity contribution in [1.29, 1.82) is 0 Å². The van der Waals surface area contributed by atoms with E-state index in [2.05, 4.69) is 28.9 Å². The van der Waals surface area contributed by atoms with E-state index in [4.69, 9.17) is 14.7 Å². The Morgan fingerprint density at radius 3 is 2.24 bits per heavy atom. The lowest BCUT2D eigenvalue weighted by molar-refractivity contribution is 0.340. The minimum absolute atomic E-state index is 0.203. The second kappa shape index (κ2) is 8.98. The van der Waals surface area contributed by atoms with Gasteiger partial charge in [-0.1, -0.05) is 12.1 Å². The number of piperazine rings is 1. The van der Waals surface area contributed by atoms with Gasteiger partial charge in [0.25, 0.3) is 0 Å². The number of nitrogens with zero attached hydrogens (tertiary/aromatic N) is 4. The van der Waals surface area contributed by atoms with Gasteiger partial charge in [0.15, 0.2) is 0 Å². The Labute approximate surface area is 197 Å². The van der Waals surface area contributed by atoms with E-state index in [0.29, 0.717) is 6.61 Å². The number of hydrogen-bond donors (Lipinski definition) is 0. The molecule has 0 spiro atoms. The summed E-state index contributed by atoms with van der Waals surface area (Å²) in [5.41, 5.74) is 3.41. The normalized spacial score (nSPS) is 14.2. The number of anilines is 2. The molecule has 1 saturated heterocycles. The van der Waals surface area contributed by atoms with E-state index in [9.17, 15) is 4.39 Å². The number of aromatic nitrogens is 2. The molecule has 2 aromatic heterocycles. The summed E-state index contributed by atoms with van der Waals surface area (Å²) in [5.74, 6) is 2.47. The second-order valence-electron chi connectivity index (χ2n) is 8.22. The lowest BCUT2D eigenvalue weighted by Gasteiger charge is -2.37. The van der Waals surface area contributed by atoms with Crippen LogP contribution in [0.25, 0.3) is 21.3 Å². The summed E-state index contributed by atoms with van der Waals surface area (Å²) >= 11 is 1.72. The largest absolute Gasteiger partial charge is 0.494 e. The van der Waals surface area contributed by atoms with Crippen molar-refractivity contribution in [2.75, 3.05) is 42.6 Å². The molecular weight excluding hydrogens is 435 g/mol. The quantitative estimate of drug-likeness (QED) is 0.373. The lowest BCUT2D eigenvalue weighted by Crippen LogP contribution is -2.47. The van der Waals surface area contributed by atoms with Gasteiger partial charge in [-0.3, -0.25) is 0 Å². The van der Waals surface area contributed by atoms with Crippen LogP contribution in [0.4, 0.5) is 15.9 Å². The molecule has 3 heterocycles. The van der Waals surface area contributed by atoms with Crippen molar-refractivity contribution in [1.82, 2.24) is 9.97 Å². The molecule has 0 unspecified atom stereocenters. The van der Waals surface area contributed by atoms with Crippen molar-refractivity contribution < 1.29 is 9.13 Å². The van der Waals surface area contributed by atoms with Crippen molar-refractivity contribution in [3.05, 3.63) is 65.0 Å². The molecule has 1 fully saturated rings. The van der Waals surface area contributed by atoms with E-state index in [1.165, 1.54) is 22.6 Å². The number of thiophene rings is 1. The molecular formula is C26H27FN4OS. The Balaban J connectivity index is 1.49. The zero-order chi connectivity index (χ0) is 22.9. The Morgan fingerprint density at radius 2 is 1.58 bits per heavy atom. The van der Waals surface area contributed by atoms with Crippen molar-refractivity contribution in [2.45, 2.75) is 20.8 Å². The fraction of sp³-hybridized carbons (Fsp3) is 0.308. The van der Waals surface area contributed by atoms with Gasteiger partial charge in [0, 0.05) is 42.3 Å². The average Bonchev–Trinajstić information content (AvgIpc) is 3.15. The fourth-order valence-corrected chi connectivity index (χ4v) is 5.57.